The lowest BCUT2D eigenvalue weighted by atomic mass is 10.1. The molecule has 0 radical (unpaired) electrons. The Morgan fingerprint density at radius 3 is 2.83 bits per heavy atom. The summed E-state index contributed by atoms with van der Waals surface area (Å²) in [6.45, 7) is 2.83. The zero-order chi connectivity index (χ0) is 16.5. The van der Waals surface area contributed by atoms with Crippen LogP contribution in [0.5, 0.6) is 0 Å². The molecule has 0 unspecified atom stereocenters. The highest BCUT2D eigenvalue weighted by Gasteiger charge is 2.22. The summed E-state index contributed by atoms with van der Waals surface area (Å²) >= 11 is 0. The van der Waals surface area contributed by atoms with E-state index >= 15 is 0 Å². The minimum Gasteiger partial charge on any atom is -0.324 e. The lowest BCUT2D eigenvalue weighted by Crippen LogP contribution is -2.24. The van der Waals surface area contributed by atoms with E-state index in [1.54, 1.807) is 0 Å². The second-order valence-corrected chi connectivity index (χ2v) is 6.03. The molecule has 4 rings (SSSR count). The maximum absolute atomic E-state index is 11.9. The molecule has 0 aliphatic carbocycles. The lowest BCUT2D eigenvalue weighted by molar-refractivity contribution is -0.117. The molecule has 1 fully saturated rings. The first kappa shape index (κ1) is 14.6. The Hall–Kier alpha value is -2.95. The number of aromatic nitrogens is 2. The van der Waals surface area contributed by atoms with Crippen molar-refractivity contribution in [1.29, 1.82) is 0 Å². The van der Waals surface area contributed by atoms with Crippen LogP contribution < -0.4 is 10.2 Å². The molecule has 0 spiro atoms. The molecule has 1 amide bonds. The van der Waals surface area contributed by atoms with Gasteiger partial charge in [0.2, 0.25) is 11.9 Å². The second-order valence-electron chi connectivity index (χ2n) is 6.03. The Kier molecular flexibility index (Phi) is 3.61. The summed E-state index contributed by atoms with van der Waals surface area (Å²) in [6.07, 6.45) is 3.39. The number of carbonyl (C=O) groups is 1. The molecule has 1 saturated heterocycles. The summed E-state index contributed by atoms with van der Waals surface area (Å²) in [6, 6.07) is 13.9. The van der Waals surface area contributed by atoms with Crippen molar-refractivity contribution in [3.8, 4) is 0 Å². The van der Waals surface area contributed by atoms with Gasteiger partial charge < -0.3 is 10.2 Å². The van der Waals surface area contributed by atoms with E-state index in [2.05, 4.69) is 15.3 Å². The van der Waals surface area contributed by atoms with Gasteiger partial charge in [-0.1, -0.05) is 18.2 Å². The minimum atomic E-state index is 0.205. The van der Waals surface area contributed by atoms with Crippen LogP contribution in [-0.2, 0) is 4.79 Å². The van der Waals surface area contributed by atoms with Gasteiger partial charge in [-0.05, 0) is 43.2 Å². The number of para-hydroxylation sites is 1. The normalized spacial score (nSPS) is 14.4. The molecule has 1 N–H and O–H groups in total. The number of rotatable bonds is 3. The van der Waals surface area contributed by atoms with Crippen LogP contribution in [-0.4, -0.2) is 22.4 Å². The van der Waals surface area contributed by atoms with Crippen LogP contribution in [0.15, 0.2) is 48.7 Å². The van der Waals surface area contributed by atoms with Crippen LogP contribution in [0.1, 0.15) is 18.4 Å². The average molecular weight is 318 g/mol. The molecule has 1 aromatic heterocycles. The highest BCUT2D eigenvalue weighted by atomic mass is 16.2. The molecule has 5 nitrogen and oxygen atoms in total. The van der Waals surface area contributed by atoms with Gasteiger partial charge in [0.1, 0.15) is 0 Å². The number of hydrogen-bond acceptors (Lipinski definition) is 4. The Bertz CT molecular complexity index is 922. The third-order valence-electron chi connectivity index (χ3n) is 4.31. The van der Waals surface area contributed by atoms with E-state index in [1.807, 2.05) is 60.5 Å². The van der Waals surface area contributed by atoms with Gasteiger partial charge in [-0.3, -0.25) is 4.79 Å². The van der Waals surface area contributed by atoms with Crippen LogP contribution in [0.2, 0.25) is 0 Å². The lowest BCUT2D eigenvalue weighted by Gasteiger charge is -2.19. The van der Waals surface area contributed by atoms with E-state index < -0.39 is 0 Å². The van der Waals surface area contributed by atoms with Gasteiger partial charge in [-0.15, -0.1) is 0 Å². The van der Waals surface area contributed by atoms with Gasteiger partial charge in [0.15, 0.2) is 0 Å². The Balaban J connectivity index is 1.60. The number of amides is 1. The van der Waals surface area contributed by atoms with Gasteiger partial charge >= 0.3 is 0 Å². The van der Waals surface area contributed by atoms with Gasteiger partial charge in [0.25, 0.3) is 0 Å². The van der Waals surface area contributed by atoms with Crippen molar-refractivity contribution < 1.29 is 4.79 Å². The van der Waals surface area contributed by atoms with Crippen LogP contribution in [0.4, 0.5) is 17.3 Å². The maximum atomic E-state index is 11.9. The van der Waals surface area contributed by atoms with E-state index in [0.29, 0.717) is 12.4 Å². The summed E-state index contributed by atoms with van der Waals surface area (Å²) in [5, 5.41) is 4.26. The summed E-state index contributed by atoms with van der Waals surface area (Å²) in [5.41, 5.74) is 3.88. The van der Waals surface area contributed by atoms with E-state index in [1.165, 1.54) is 0 Å². The number of anilines is 3. The van der Waals surface area contributed by atoms with E-state index in [4.69, 9.17) is 0 Å². The summed E-state index contributed by atoms with van der Waals surface area (Å²) in [4.78, 5) is 22.7. The van der Waals surface area contributed by atoms with Gasteiger partial charge in [-0.2, -0.15) is 0 Å². The van der Waals surface area contributed by atoms with Crippen molar-refractivity contribution >= 4 is 34.1 Å². The fraction of sp³-hybridized carbons (Fsp3) is 0.211. The fourth-order valence-corrected chi connectivity index (χ4v) is 3.10. The standard InChI is InChI=1S/C19H18N4O/c1-13-11-15(8-9-17(13)23-10-4-7-18(23)24)21-19-20-12-14-5-2-3-6-16(14)22-19/h2-3,5-6,8-9,11-12H,4,7,10H2,1H3,(H,20,21,22). The Labute approximate surface area is 140 Å². The molecule has 120 valence electrons. The SMILES string of the molecule is Cc1cc(Nc2ncc3ccccc3n2)ccc1N1CCCC1=O. The molecule has 2 heterocycles. The molecule has 24 heavy (non-hydrogen) atoms. The van der Waals surface area contributed by atoms with Crippen LogP contribution in [0.25, 0.3) is 10.9 Å². The Morgan fingerprint density at radius 1 is 1.17 bits per heavy atom. The predicted molar refractivity (Wildman–Crippen MR) is 95.6 cm³/mol. The zero-order valence-electron chi connectivity index (χ0n) is 13.5. The third-order valence-corrected chi connectivity index (χ3v) is 4.31. The van der Waals surface area contributed by atoms with E-state index in [9.17, 15) is 4.79 Å². The van der Waals surface area contributed by atoms with Gasteiger partial charge in [0.05, 0.1) is 5.52 Å². The molecule has 0 saturated carbocycles. The van der Waals surface area contributed by atoms with E-state index in [0.717, 1.165) is 40.8 Å². The largest absolute Gasteiger partial charge is 0.324 e. The number of aryl methyl sites for hydroxylation is 1. The smallest absolute Gasteiger partial charge is 0.227 e. The number of nitrogens with one attached hydrogen (secondary N) is 1. The second kappa shape index (κ2) is 5.92. The van der Waals surface area contributed by atoms with Crippen LogP contribution in [0, 0.1) is 6.92 Å². The minimum absolute atomic E-state index is 0.205. The van der Waals surface area contributed by atoms with E-state index in [-0.39, 0.29) is 5.91 Å². The zero-order valence-corrected chi connectivity index (χ0v) is 13.5. The third kappa shape index (κ3) is 2.69. The van der Waals surface area contributed by atoms with Gasteiger partial charge in [0, 0.05) is 35.9 Å². The maximum Gasteiger partial charge on any atom is 0.227 e. The molecule has 3 aromatic rings. The number of fused-ring (bicyclic) bond motifs is 1. The number of carbonyl (C=O) groups excluding carboxylic acids is 1. The number of nitrogens with zero attached hydrogens (tertiary/aromatic N) is 3. The van der Waals surface area contributed by atoms with Crippen molar-refractivity contribution in [3.05, 3.63) is 54.2 Å². The van der Waals surface area contributed by atoms with Crippen molar-refractivity contribution in [2.24, 2.45) is 0 Å². The number of benzene rings is 2. The molecule has 1 aliphatic heterocycles. The molecule has 1 aliphatic rings. The summed E-state index contributed by atoms with van der Waals surface area (Å²) < 4.78 is 0. The summed E-state index contributed by atoms with van der Waals surface area (Å²) in [5.74, 6) is 0.773. The van der Waals surface area contributed by atoms with Crippen molar-refractivity contribution in [1.82, 2.24) is 9.97 Å². The van der Waals surface area contributed by atoms with Gasteiger partial charge in [-0.25, -0.2) is 9.97 Å². The predicted octanol–water partition coefficient (Wildman–Crippen LogP) is 3.81. The first-order valence-corrected chi connectivity index (χ1v) is 8.10. The van der Waals surface area contributed by atoms with Crippen molar-refractivity contribution in [2.45, 2.75) is 19.8 Å². The number of hydrogen-bond donors (Lipinski definition) is 1. The molecule has 0 atom stereocenters. The van der Waals surface area contributed by atoms with Crippen LogP contribution in [0.3, 0.4) is 0 Å². The highest BCUT2D eigenvalue weighted by Crippen LogP contribution is 2.28. The van der Waals surface area contributed by atoms with Crippen LogP contribution >= 0.6 is 0 Å². The quantitative estimate of drug-likeness (QED) is 0.798. The molecule has 5 heteroatoms. The molecular weight excluding hydrogens is 300 g/mol. The molecule has 0 bridgehead atoms. The first-order valence-electron chi connectivity index (χ1n) is 8.10. The average Bonchev–Trinajstić information content (AvgIpc) is 3.01. The highest BCUT2D eigenvalue weighted by molar-refractivity contribution is 5.96. The topological polar surface area (TPSA) is 58.1 Å². The molecular formula is C19H18N4O. The first-order chi connectivity index (χ1) is 11.7. The molecule has 2 aromatic carbocycles. The summed E-state index contributed by atoms with van der Waals surface area (Å²) in [7, 11) is 0. The van der Waals surface area contributed by atoms with Crippen molar-refractivity contribution in [2.75, 3.05) is 16.8 Å². The Morgan fingerprint density at radius 2 is 2.04 bits per heavy atom. The monoisotopic (exact) mass is 318 g/mol. The fourth-order valence-electron chi connectivity index (χ4n) is 3.10. The van der Waals surface area contributed by atoms with Crippen molar-refractivity contribution in [3.63, 3.8) is 0 Å².